The molecule has 0 radical (unpaired) electrons. The van der Waals surface area contributed by atoms with E-state index < -0.39 is 6.04 Å². The van der Waals surface area contributed by atoms with Crippen LogP contribution in [0.1, 0.15) is 18.5 Å². The molecule has 0 saturated carbocycles. The summed E-state index contributed by atoms with van der Waals surface area (Å²) in [5, 5.41) is 7.12. The molecule has 2 aromatic heterocycles. The van der Waals surface area contributed by atoms with Crippen LogP contribution >= 0.6 is 0 Å². The molecule has 0 fully saturated rings. The first kappa shape index (κ1) is 17.7. The molecule has 1 aliphatic rings. The molecule has 1 amide bonds. The minimum absolute atomic E-state index is 0.176. The van der Waals surface area contributed by atoms with Gasteiger partial charge in [0, 0.05) is 17.8 Å². The van der Waals surface area contributed by atoms with E-state index in [0.29, 0.717) is 23.0 Å². The highest BCUT2D eigenvalue weighted by Gasteiger charge is 2.20. The van der Waals surface area contributed by atoms with Crippen LogP contribution in [0.4, 0.5) is 5.82 Å². The number of pyridine rings is 1. The molecule has 1 unspecified atom stereocenters. The van der Waals surface area contributed by atoms with Crippen LogP contribution in [0.15, 0.2) is 53.5 Å². The van der Waals surface area contributed by atoms with Gasteiger partial charge in [-0.25, -0.2) is 9.67 Å². The quantitative estimate of drug-likeness (QED) is 0.750. The van der Waals surface area contributed by atoms with E-state index in [2.05, 4.69) is 15.4 Å². The maximum Gasteiger partial charge on any atom is 0.267 e. The Labute approximate surface area is 160 Å². The smallest absolute Gasteiger partial charge is 0.267 e. The molecule has 4 rings (SSSR count). The number of fused-ring (bicyclic) bond motifs is 1. The summed E-state index contributed by atoms with van der Waals surface area (Å²) in [5.74, 6) is 1.36. The Bertz CT molecular complexity index is 1110. The lowest BCUT2D eigenvalue weighted by Crippen LogP contribution is -2.33. The summed E-state index contributed by atoms with van der Waals surface area (Å²) in [7, 11) is 0. The molecule has 1 aromatic carbocycles. The molecule has 0 spiro atoms. The molecule has 0 bridgehead atoms. The van der Waals surface area contributed by atoms with Crippen molar-refractivity contribution >= 4 is 11.7 Å². The van der Waals surface area contributed by atoms with Gasteiger partial charge in [0.2, 0.25) is 12.7 Å². The first-order valence-corrected chi connectivity index (χ1v) is 8.75. The number of carbonyl (C=O) groups excluding carboxylic acids is 1. The Kier molecular flexibility index (Phi) is 4.52. The maximum absolute atomic E-state index is 12.6. The van der Waals surface area contributed by atoms with E-state index >= 15 is 0 Å². The van der Waals surface area contributed by atoms with Gasteiger partial charge >= 0.3 is 0 Å². The molecule has 1 aliphatic heterocycles. The number of hydrogen-bond acceptors (Lipinski definition) is 6. The number of benzene rings is 1. The second-order valence-electron chi connectivity index (χ2n) is 6.40. The van der Waals surface area contributed by atoms with E-state index in [0.717, 1.165) is 15.8 Å². The van der Waals surface area contributed by atoms with Crippen LogP contribution in [0, 0.1) is 6.92 Å². The van der Waals surface area contributed by atoms with E-state index in [9.17, 15) is 9.59 Å². The predicted octanol–water partition coefficient (Wildman–Crippen LogP) is 2.54. The Morgan fingerprint density at radius 1 is 1.18 bits per heavy atom. The Balaban J connectivity index is 1.62. The lowest BCUT2D eigenvalue weighted by atomic mass is 10.1. The van der Waals surface area contributed by atoms with Gasteiger partial charge < -0.3 is 14.8 Å². The SMILES string of the molecule is Cc1cccnc1NC(=O)C(C)n1nc(-c2ccc3c(c2)OCO3)ccc1=O. The molecule has 3 aromatic rings. The summed E-state index contributed by atoms with van der Waals surface area (Å²) in [4.78, 5) is 29.1. The number of rotatable bonds is 4. The van der Waals surface area contributed by atoms with Gasteiger partial charge in [0.05, 0.1) is 5.69 Å². The first-order chi connectivity index (χ1) is 13.5. The molecule has 1 atom stereocenters. The van der Waals surface area contributed by atoms with E-state index in [1.807, 2.05) is 19.1 Å². The van der Waals surface area contributed by atoms with Gasteiger partial charge in [0.25, 0.3) is 5.56 Å². The van der Waals surface area contributed by atoms with Crippen molar-refractivity contribution in [2.75, 3.05) is 12.1 Å². The van der Waals surface area contributed by atoms with Crippen molar-refractivity contribution in [3.8, 4) is 22.8 Å². The lowest BCUT2D eigenvalue weighted by Gasteiger charge is -2.15. The topological polar surface area (TPSA) is 95.3 Å². The van der Waals surface area contributed by atoms with E-state index in [1.54, 1.807) is 37.4 Å². The largest absolute Gasteiger partial charge is 0.454 e. The van der Waals surface area contributed by atoms with Crippen molar-refractivity contribution in [1.82, 2.24) is 14.8 Å². The fourth-order valence-corrected chi connectivity index (χ4v) is 2.86. The summed E-state index contributed by atoms with van der Waals surface area (Å²) in [6.07, 6.45) is 1.60. The van der Waals surface area contributed by atoms with Crippen molar-refractivity contribution in [3.63, 3.8) is 0 Å². The average molecular weight is 378 g/mol. The number of aryl methyl sites for hydroxylation is 1. The predicted molar refractivity (Wildman–Crippen MR) is 102 cm³/mol. The number of ether oxygens (including phenoxy) is 2. The van der Waals surface area contributed by atoms with Crippen LogP contribution in [0.2, 0.25) is 0 Å². The van der Waals surface area contributed by atoms with Gasteiger partial charge in [-0.3, -0.25) is 9.59 Å². The molecule has 28 heavy (non-hydrogen) atoms. The highest BCUT2D eigenvalue weighted by atomic mass is 16.7. The van der Waals surface area contributed by atoms with Gasteiger partial charge in [0.1, 0.15) is 11.9 Å². The lowest BCUT2D eigenvalue weighted by molar-refractivity contribution is -0.119. The number of nitrogens with one attached hydrogen (secondary N) is 1. The molecule has 8 heteroatoms. The molecule has 1 N–H and O–H groups in total. The van der Waals surface area contributed by atoms with Gasteiger partial charge in [-0.1, -0.05) is 6.07 Å². The van der Waals surface area contributed by atoms with Crippen LogP contribution in [0.25, 0.3) is 11.3 Å². The number of hydrogen-bond donors (Lipinski definition) is 1. The third-order valence-corrected chi connectivity index (χ3v) is 4.49. The zero-order valence-corrected chi connectivity index (χ0v) is 15.4. The zero-order valence-electron chi connectivity index (χ0n) is 15.4. The molecular formula is C20H18N4O4. The summed E-state index contributed by atoms with van der Waals surface area (Å²) < 4.78 is 11.9. The third-order valence-electron chi connectivity index (χ3n) is 4.49. The van der Waals surface area contributed by atoms with Crippen LogP contribution in [0.5, 0.6) is 11.5 Å². The Morgan fingerprint density at radius 3 is 2.82 bits per heavy atom. The highest BCUT2D eigenvalue weighted by molar-refractivity contribution is 5.93. The van der Waals surface area contributed by atoms with Crippen LogP contribution in [-0.4, -0.2) is 27.5 Å². The maximum atomic E-state index is 12.6. The van der Waals surface area contributed by atoms with Gasteiger partial charge in [-0.15, -0.1) is 0 Å². The number of aromatic nitrogens is 3. The summed E-state index contributed by atoms with van der Waals surface area (Å²) >= 11 is 0. The second kappa shape index (κ2) is 7.15. The zero-order chi connectivity index (χ0) is 19.7. The van der Waals surface area contributed by atoms with Crippen LogP contribution in [0.3, 0.4) is 0 Å². The van der Waals surface area contributed by atoms with Crippen molar-refractivity contribution in [3.05, 3.63) is 64.6 Å². The van der Waals surface area contributed by atoms with Crippen LogP contribution in [-0.2, 0) is 4.79 Å². The normalized spacial score (nSPS) is 13.2. The van der Waals surface area contributed by atoms with E-state index in [4.69, 9.17) is 9.47 Å². The number of anilines is 1. The molecule has 0 aliphatic carbocycles. The van der Waals surface area contributed by atoms with Crippen molar-refractivity contribution in [2.24, 2.45) is 0 Å². The molecule has 8 nitrogen and oxygen atoms in total. The second-order valence-corrected chi connectivity index (χ2v) is 6.40. The third kappa shape index (κ3) is 3.32. The fraction of sp³-hybridized carbons (Fsp3) is 0.200. The van der Waals surface area contributed by atoms with E-state index in [-0.39, 0.29) is 18.3 Å². The van der Waals surface area contributed by atoms with Crippen molar-refractivity contribution < 1.29 is 14.3 Å². The summed E-state index contributed by atoms with van der Waals surface area (Å²) in [5.41, 5.74) is 1.76. The Morgan fingerprint density at radius 2 is 2.00 bits per heavy atom. The van der Waals surface area contributed by atoms with Crippen molar-refractivity contribution in [1.29, 1.82) is 0 Å². The molecular weight excluding hydrogens is 360 g/mol. The van der Waals surface area contributed by atoms with E-state index in [1.165, 1.54) is 6.07 Å². The molecule has 0 saturated heterocycles. The fourth-order valence-electron chi connectivity index (χ4n) is 2.86. The highest BCUT2D eigenvalue weighted by Crippen LogP contribution is 2.35. The standard InChI is InChI=1S/C20H18N4O4/c1-12-4-3-9-21-19(12)22-20(26)13(2)24-18(25)8-6-15(23-24)14-5-7-16-17(10-14)28-11-27-16/h3-10,13H,11H2,1-2H3,(H,21,22,26). The van der Waals surface area contributed by atoms with Gasteiger partial charge in [-0.05, 0) is 49.7 Å². The summed E-state index contributed by atoms with van der Waals surface area (Å²) in [6, 6.07) is 11.2. The molecule has 142 valence electrons. The number of carbonyl (C=O) groups is 1. The minimum Gasteiger partial charge on any atom is -0.454 e. The molecule has 3 heterocycles. The number of nitrogens with zero attached hydrogens (tertiary/aromatic N) is 3. The Hall–Kier alpha value is -3.68. The van der Waals surface area contributed by atoms with Crippen LogP contribution < -0.4 is 20.3 Å². The van der Waals surface area contributed by atoms with Crippen molar-refractivity contribution in [2.45, 2.75) is 19.9 Å². The average Bonchev–Trinajstić information content (AvgIpc) is 3.17. The van der Waals surface area contributed by atoms with Gasteiger partial charge in [-0.2, -0.15) is 5.10 Å². The monoisotopic (exact) mass is 378 g/mol. The summed E-state index contributed by atoms with van der Waals surface area (Å²) in [6.45, 7) is 3.64. The van der Waals surface area contributed by atoms with Gasteiger partial charge in [0.15, 0.2) is 11.5 Å². The minimum atomic E-state index is -0.817. The number of amides is 1. The first-order valence-electron chi connectivity index (χ1n) is 8.75.